The van der Waals surface area contributed by atoms with Crippen molar-refractivity contribution in [2.45, 2.75) is 93.7 Å². The molecule has 0 spiro atoms. The number of hydrogen-bond acceptors (Lipinski definition) is 4. The Morgan fingerprint density at radius 1 is 0.623 bits per heavy atom. The minimum absolute atomic E-state index is 0. The quantitative estimate of drug-likeness (QED) is 0.0823. The third-order valence-corrected chi connectivity index (χ3v) is 17.6. The first-order chi connectivity index (χ1) is 29.2. The summed E-state index contributed by atoms with van der Waals surface area (Å²) < 4.78 is 66.1. The average Bonchev–Trinajstić information content (AvgIpc) is 3.89. The van der Waals surface area contributed by atoms with Crippen molar-refractivity contribution in [3.8, 4) is 0 Å². The molecule has 4 aliphatic carbocycles. The molecule has 1 aromatic heterocycles. The first kappa shape index (κ1) is 46.3. The van der Waals surface area contributed by atoms with Gasteiger partial charge in [-0.05, 0) is 120 Å². The van der Waals surface area contributed by atoms with Crippen LogP contribution in [0.15, 0.2) is 112 Å². The Labute approximate surface area is 373 Å². The summed E-state index contributed by atoms with van der Waals surface area (Å²) in [6, 6.07) is 36.9. The molecule has 4 nitrogen and oxygen atoms in total. The summed E-state index contributed by atoms with van der Waals surface area (Å²) in [5.41, 5.74) is 4.76. The third kappa shape index (κ3) is 11.7. The van der Waals surface area contributed by atoms with Crippen LogP contribution in [-0.4, -0.2) is 38.4 Å². The molecule has 4 fully saturated rings. The smallest absolute Gasteiger partial charge is 0.418 e. The van der Waals surface area contributed by atoms with Crippen molar-refractivity contribution in [1.29, 1.82) is 0 Å². The van der Waals surface area contributed by atoms with Gasteiger partial charge in [0.15, 0.2) is 0 Å². The molecule has 12 heteroatoms. The van der Waals surface area contributed by atoms with E-state index >= 15 is 0 Å². The Bertz CT molecular complexity index is 2210. The van der Waals surface area contributed by atoms with Gasteiger partial charge in [0.1, 0.15) is 17.3 Å². The maximum Gasteiger partial charge on any atom is 0.673 e. The summed E-state index contributed by atoms with van der Waals surface area (Å²) in [7, 11) is -6.35. The Morgan fingerprint density at radius 3 is 1.49 bits per heavy atom. The fraction of sp³-hybridized carbons (Fsp3) is 0.388. The van der Waals surface area contributed by atoms with Crippen molar-refractivity contribution >= 4 is 66.9 Å². The number of fused-ring (bicyclic) bond motifs is 9. The fourth-order valence-corrected chi connectivity index (χ4v) is 15.6. The van der Waals surface area contributed by atoms with Crippen molar-refractivity contribution in [3.63, 3.8) is 0 Å². The van der Waals surface area contributed by atoms with Crippen LogP contribution >= 0.6 is 16.2 Å². The molecule has 0 saturated heterocycles. The van der Waals surface area contributed by atoms with Crippen LogP contribution in [0, 0.1) is 37.5 Å². The van der Waals surface area contributed by atoms with E-state index < -0.39 is 15.5 Å². The van der Waals surface area contributed by atoms with Crippen LogP contribution in [0.3, 0.4) is 0 Å². The van der Waals surface area contributed by atoms with Crippen molar-refractivity contribution in [1.82, 2.24) is 0 Å². The third-order valence-electron chi connectivity index (χ3n) is 12.5. The molecule has 10 rings (SSSR count). The summed E-state index contributed by atoms with van der Waals surface area (Å²) in [5, 5.41) is 6.81. The van der Waals surface area contributed by atoms with E-state index in [-0.39, 0.29) is 39.2 Å². The summed E-state index contributed by atoms with van der Waals surface area (Å²) in [5.74, 6) is 1.62. The van der Waals surface area contributed by atoms with E-state index in [9.17, 15) is 17.3 Å². The van der Waals surface area contributed by atoms with Gasteiger partial charge in [0.05, 0.1) is 6.61 Å². The fourth-order valence-electron chi connectivity index (χ4n) is 9.91. The van der Waals surface area contributed by atoms with Crippen LogP contribution in [0.2, 0.25) is 0 Å². The van der Waals surface area contributed by atoms with Gasteiger partial charge in [0.2, 0.25) is 0 Å². The van der Waals surface area contributed by atoms with E-state index in [2.05, 4.69) is 129 Å². The first-order valence-electron chi connectivity index (χ1n) is 21.7. The maximum atomic E-state index is 9.75. The Hall–Kier alpha value is -2.72. The second-order valence-electron chi connectivity index (χ2n) is 16.5. The van der Waals surface area contributed by atoms with Crippen molar-refractivity contribution < 1.29 is 54.4 Å². The van der Waals surface area contributed by atoms with Gasteiger partial charge in [-0.15, -0.1) is 0 Å². The molecule has 325 valence electrons. The number of benzene rings is 5. The second kappa shape index (κ2) is 21.8. The molecule has 2 bridgehead atoms. The normalized spacial score (nSPS) is 20.5. The second-order valence-corrected chi connectivity index (χ2v) is 20.5. The monoisotopic (exact) mass is 958 g/mol. The van der Waals surface area contributed by atoms with E-state index in [1.54, 1.807) is 0 Å². The zero-order valence-corrected chi connectivity index (χ0v) is 38.0. The molecule has 0 N–H and O–H groups in total. The minimum Gasteiger partial charge on any atom is -0.418 e. The molecule has 0 unspecified atom stereocenters. The van der Waals surface area contributed by atoms with Gasteiger partial charge >= 0.3 is 15.5 Å². The zero-order valence-electron chi connectivity index (χ0n) is 34.5. The van der Waals surface area contributed by atoms with Crippen molar-refractivity contribution in [2.24, 2.45) is 11.8 Å². The first-order valence-corrected chi connectivity index (χ1v) is 24.3. The summed E-state index contributed by atoms with van der Waals surface area (Å²) in [6.45, 7) is 0.499. The molecule has 4 saturated carbocycles. The molecular weight excluding hydrogens is 904 g/mol. The molecule has 5 radical (unpaired) electrons. The summed E-state index contributed by atoms with van der Waals surface area (Å²) in [4.78, 5) is 0. The summed E-state index contributed by atoms with van der Waals surface area (Å²) >= 11 is 0. The van der Waals surface area contributed by atoms with Gasteiger partial charge in [0, 0.05) is 43.0 Å². The molecule has 0 amide bonds. The predicted molar refractivity (Wildman–Crippen MR) is 242 cm³/mol. The molecule has 1 heterocycles. The van der Waals surface area contributed by atoms with Crippen molar-refractivity contribution in [2.75, 3.05) is 13.7 Å². The zero-order chi connectivity index (χ0) is 41.5. The Kier molecular flexibility index (Phi) is 16.5. The number of halogens is 4. The predicted octanol–water partition coefficient (Wildman–Crippen LogP) is 15.7. The number of hydrogen-bond donors (Lipinski definition) is 0. The van der Waals surface area contributed by atoms with Gasteiger partial charge < -0.3 is 30.4 Å². The van der Waals surface area contributed by atoms with Gasteiger partial charge in [0.25, 0.3) is 0 Å². The largest absolute Gasteiger partial charge is 0.673 e. The van der Waals surface area contributed by atoms with Crippen LogP contribution in [0.4, 0.5) is 17.3 Å². The molecule has 5 aromatic carbocycles. The van der Waals surface area contributed by atoms with E-state index in [4.69, 9.17) is 17.7 Å². The number of methoxy groups -OCH3 is 1. The molecule has 2 atom stereocenters. The SMILES string of the molecule is COC[C@H](Op1oc2ccc3ccccc3c2c2c(ccc3ccccc32)o1)[C@@H](c1ccccc1)P(C1CCCCC1)C1CCCCC1.F[B-](F)(F)F.[CH]1[CH]C2[CH][CH]C1C2.[Rh]. The molecule has 6 aromatic rings. The van der Waals surface area contributed by atoms with Crippen molar-refractivity contribution in [3.05, 3.63) is 134 Å². The van der Waals surface area contributed by atoms with Gasteiger partial charge in [-0.2, -0.15) is 0 Å². The van der Waals surface area contributed by atoms with Gasteiger partial charge in [-0.1, -0.05) is 137 Å². The van der Waals surface area contributed by atoms with Crippen LogP contribution in [0.1, 0.15) is 81.9 Å². The molecule has 61 heavy (non-hydrogen) atoms. The molecule has 4 aliphatic rings. The maximum absolute atomic E-state index is 9.75. The number of ether oxygens (including phenoxy) is 1. The molecule has 0 aliphatic heterocycles. The standard InChI is InChI=1S/C42H46O4P2.C7H8.BF4.Rh/c1-43-29-39(42(32-17-5-2-6-18-32)47(33-19-7-3-8-20-33)34-21-9-4-10-22-34)46-48-44-37-27-25-30-15-11-13-23-35(30)40(37)41-36-24-14-12-16-31(36)26-28-38(41)45-48;1-2-7-4-3-6(1)5-7;2-1(3,4)5;/h2,5-6,11-18,23-28,33-34,39,42H,3-4,7-10,19-22,29H2,1H3;1-4,6-7H,5H2;;/q;;-1;/t39-,42+;;;/m0.../s1. The van der Waals surface area contributed by atoms with Crippen LogP contribution in [-0.2, 0) is 24.2 Å². The van der Waals surface area contributed by atoms with Crippen LogP contribution < -0.4 is 4.52 Å². The van der Waals surface area contributed by atoms with E-state index in [1.165, 1.54) is 87.0 Å². The van der Waals surface area contributed by atoms with Crippen LogP contribution in [0.5, 0.6) is 0 Å². The van der Waals surface area contributed by atoms with Gasteiger partial charge in [-0.25, -0.2) is 0 Å². The number of rotatable bonds is 9. The van der Waals surface area contributed by atoms with Gasteiger partial charge in [-0.3, -0.25) is 4.52 Å². The topological polar surface area (TPSA) is 44.7 Å². The summed E-state index contributed by atoms with van der Waals surface area (Å²) in [6.07, 6.45) is 23.9. The molecular formula is C49H54BF4O4P2Rh-. The van der Waals surface area contributed by atoms with E-state index in [1.807, 2.05) is 7.11 Å². The minimum atomic E-state index is -6.00. The van der Waals surface area contributed by atoms with Crippen LogP contribution in [0.25, 0.3) is 43.5 Å². The van der Waals surface area contributed by atoms with E-state index in [0.717, 1.165) is 55.9 Å². The Balaban J connectivity index is 0.000000373. The van der Waals surface area contributed by atoms with E-state index in [0.29, 0.717) is 6.61 Å². The average molecular weight is 959 g/mol. The Morgan fingerprint density at radius 2 is 1.07 bits per heavy atom.